The Balaban J connectivity index is 1.42. The number of benzene rings is 3. The Labute approximate surface area is 194 Å². The molecule has 2 heterocycles. The fourth-order valence-electron chi connectivity index (χ4n) is 4.41. The highest BCUT2D eigenvalue weighted by atomic mass is 32.2. The summed E-state index contributed by atoms with van der Waals surface area (Å²) < 4.78 is 31.0. The average molecular weight is 459 g/mol. The van der Waals surface area contributed by atoms with Gasteiger partial charge in [-0.15, -0.1) is 0 Å². The van der Waals surface area contributed by atoms with Crippen LogP contribution in [-0.2, 0) is 23.0 Å². The molecule has 0 aliphatic carbocycles. The molecule has 0 radical (unpaired) electrons. The summed E-state index contributed by atoms with van der Waals surface area (Å²) in [5.74, 6) is 0.858. The van der Waals surface area contributed by atoms with Crippen LogP contribution in [0.2, 0.25) is 0 Å². The van der Waals surface area contributed by atoms with E-state index in [2.05, 4.69) is 60.8 Å². The largest absolute Gasteiger partial charge is 0.464 e. The molecule has 33 heavy (non-hydrogen) atoms. The summed E-state index contributed by atoms with van der Waals surface area (Å²) in [4.78, 5) is 0. The highest BCUT2D eigenvalue weighted by molar-refractivity contribution is 7.88. The van der Waals surface area contributed by atoms with Gasteiger partial charge in [-0.25, -0.2) is 8.42 Å². The Bertz CT molecular complexity index is 1390. The molecule has 168 valence electrons. The van der Waals surface area contributed by atoms with E-state index in [1.165, 1.54) is 27.3 Å². The van der Waals surface area contributed by atoms with Crippen LogP contribution in [0.5, 0.6) is 0 Å². The maximum absolute atomic E-state index is 12.0. The maximum Gasteiger partial charge on any atom is 0.211 e. The lowest BCUT2D eigenvalue weighted by Crippen LogP contribution is -2.35. The molecule has 5 nitrogen and oxygen atoms in total. The topological polar surface area (TPSA) is 62.6 Å². The van der Waals surface area contributed by atoms with E-state index in [9.17, 15) is 8.42 Å². The van der Waals surface area contributed by atoms with Gasteiger partial charge in [0.15, 0.2) is 0 Å². The van der Waals surface area contributed by atoms with Gasteiger partial charge in [-0.2, -0.15) is 4.31 Å². The molecule has 5 rings (SSSR count). The molecule has 0 spiro atoms. The Hall–Kier alpha value is -3.35. The molecule has 0 bridgehead atoms. The third-order valence-electron chi connectivity index (χ3n) is 6.22. The lowest BCUT2D eigenvalue weighted by molar-refractivity contribution is 0.395. The molecule has 1 aliphatic heterocycles. The van der Waals surface area contributed by atoms with E-state index in [1.807, 2.05) is 24.3 Å². The first-order valence-electron chi connectivity index (χ1n) is 11.0. The van der Waals surface area contributed by atoms with E-state index in [0.717, 1.165) is 33.8 Å². The number of fused-ring (bicyclic) bond motifs is 1. The van der Waals surface area contributed by atoms with Crippen LogP contribution in [0.1, 0.15) is 16.7 Å². The van der Waals surface area contributed by atoms with Crippen LogP contribution in [0.15, 0.2) is 83.5 Å². The number of nitrogens with one attached hydrogen (secondary N) is 1. The summed E-state index contributed by atoms with van der Waals surface area (Å²) in [5, 5.41) is 3.57. The van der Waals surface area contributed by atoms with Crippen LogP contribution in [0.25, 0.3) is 22.5 Å². The monoisotopic (exact) mass is 458 g/mol. The second kappa shape index (κ2) is 8.54. The van der Waals surface area contributed by atoms with Gasteiger partial charge in [0.25, 0.3) is 0 Å². The van der Waals surface area contributed by atoms with Gasteiger partial charge in [0.2, 0.25) is 10.0 Å². The number of nitrogens with zero attached hydrogens (tertiary/aromatic N) is 1. The SMILES string of the molecule is Cc1ccc(Nc2cccc3c2CCN(S(C)(=O)=O)C3)cc1-c1ccc(-c2ccco2)cc1. The molecular weight excluding hydrogens is 432 g/mol. The minimum absolute atomic E-state index is 0.421. The molecule has 0 atom stereocenters. The molecule has 0 saturated heterocycles. The van der Waals surface area contributed by atoms with Crippen LogP contribution < -0.4 is 5.32 Å². The van der Waals surface area contributed by atoms with Crippen LogP contribution in [-0.4, -0.2) is 25.5 Å². The van der Waals surface area contributed by atoms with Gasteiger partial charge in [0.05, 0.1) is 12.5 Å². The van der Waals surface area contributed by atoms with Crippen molar-refractivity contribution in [3.05, 3.63) is 95.7 Å². The third kappa shape index (κ3) is 4.45. The molecule has 1 N–H and O–H groups in total. The van der Waals surface area contributed by atoms with Crippen molar-refractivity contribution >= 4 is 21.4 Å². The van der Waals surface area contributed by atoms with Gasteiger partial charge in [0.1, 0.15) is 5.76 Å². The highest BCUT2D eigenvalue weighted by Crippen LogP contribution is 2.33. The van der Waals surface area contributed by atoms with Crippen molar-refractivity contribution in [3.8, 4) is 22.5 Å². The predicted molar refractivity (Wildman–Crippen MR) is 133 cm³/mol. The van der Waals surface area contributed by atoms with Crippen LogP contribution in [0.4, 0.5) is 11.4 Å². The second-order valence-corrected chi connectivity index (χ2v) is 10.5. The van der Waals surface area contributed by atoms with Gasteiger partial charge in [-0.3, -0.25) is 0 Å². The fourth-order valence-corrected chi connectivity index (χ4v) is 5.20. The third-order valence-corrected chi connectivity index (χ3v) is 7.47. The summed E-state index contributed by atoms with van der Waals surface area (Å²) in [6.07, 6.45) is 3.65. The highest BCUT2D eigenvalue weighted by Gasteiger charge is 2.24. The number of sulfonamides is 1. The van der Waals surface area contributed by atoms with Crippen molar-refractivity contribution in [3.63, 3.8) is 0 Å². The van der Waals surface area contributed by atoms with Crippen LogP contribution >= 0.6 is 0 Å². The molecule has 0 fully saturated rings. The van der Waals surface area contributed by atoms with E-state index in [0.29, 0.717) is 19.5 Å². The number of rotatable bonds is 5. The maximum atomic E-state index is 12.0. The van der Waals surface area contributed by atoms with Crippen molar-refractivity contribution < 1.29 is 12.8 Å². The molecule has 0 unspecified atom stereocenters. The van der Waals surface area contributed by atoms with E-state index in [1.54, 1.807) is 6.26 Å². The number of hydrogen-bond acceptors (Lipinski definition) is 4. The molecule has 0 saturated carbocycles. The molecule has 1 aliphatic rings. The summed E-state index contributed by atoms with van der Waals surface area (Å²) in [6, 6.07) is 24.7. The minimum Gasteiger partial charge on any atom is -0.464 e. The molecule has 1 aromatic heterocycles. The first-order chi connectivity index (χ1) is 15.9. The van der Waals surface area contributed by atoms with Crippen molar-refractivity contribution in [2.75, 3.05) is 18.1 Å². The molecular formula is C27H26N2O3S. The van der Waals surface area contributed by atoms with Crippen molar-refractivity contribution in [1.29, 1.82) is 0 Å². The van der Waals surface area contributed by atoms with E-state index in [-0.39, 0.29) is 0 Å². The lowest BCUT2D eigenvalue weighted by atomic mass is 9.97. The zero-order chi connectivity index (χ0) is 23.0. The predicted octanol–water partition coefficient (Wildman–Crippen LogP) is 5.98. The zero-order valence-corrected chi connectivity index (χ0v) is 19.5. The van der Waals surface area contributed by atoms with Gasteiger partial charge >= 0.3 is 0 Å². The minimum atomic E-state index is -3.19. The summed E-state index contributed by atoms with van der Waals surface area (Å²) in [6.45, 7) is 3.04. The van der Waals surface area contributed by atoms with Gasteiger partial charge in [-0.05, 0) is 71.5 Å². The molecule has 0 amide bonds. The van der Waals surface area contributed by atoms with E-state index < -0.39 is 10.0 Å². The number of anilines is 2. The van der Waals surface area contributed by atoms with Gasteiger partial charge in [0, 0.05) is 30.0 Å². The first-order valence-corrected chi connectivity index (χ1v) is 12.8. The quantitative estimate of drug-likeness (QED) is 0.399. The summed E-state index contributed by atoms with van der Waals surface area (Å²) in [5.41, 5.74) is 8.83. The Kier molecular flexibility index (Phi) is 5.56. The number of aryl methyl sites for hydroxylation is 1. The van der Waals surface area contributed by atoms with E-state index in [4.69, 9.17) is 4.42 Å². The summed E-state index contributed by atoms with van der Waals surface area (Å²) >= 11 is 0. The Morgan fingerprint density at radius 3 is 2.45 bits per heavy atom. The van der Waals surface area contributed by atoms with Crippen LogP contribution in [0.3, 0.4) is 0 Å². The average Bonchev–Trinajstić information content (AvgIpc) is 3.35. The molecule has 3 aromatic carbocycles. The summed E-state index contributed by atoms with van der Waals surface area (Å²) in [7, 11) is -3.19. The molecule has 6 heteroatoms. The van der Waals surface area contributed by atoms with Gasteiger partial charge < -0.3 is 9.73 Å². The van der Waals surface area contributed by atoms with Crippen LogP contribution in [0, 0.1) is 6.92 Å². The standard InChI is InChI=1S/C27H26N2O3S/c1-19-8-13-23(17-25(19)20-9-11-21(12-10-20)27-7-4-16-32-27)28-26-6-3-5-22-18-29(33(2,30)31)15-14-24(22)26/h3-13,16-17,28H,14-15,18H2,1-2H3. The van der Waals surface area contributed by atoms with Crippen molar-refractivity contribution in [2.45, 2.75) is 19.9 Å². The van der Waals surface area contributed by atoms with Gasteiger partial charge in [-0.1, -0.05) is 42.5 Å². The van der Waals surface area contributed by atoms with Crippen molar-refractivity contribution in [2.24, 2.45) is 0 Å². The number of furan rings is 1. The molecule has 4 aromatic rings. The Morgan fingerprint density at radius 1 is 0.939 bits per heavy atom. The first kappa shape index (κ1) is 21.5. The number of hydrogen-bond donors (Lipinski definition) is 1. The van der Waals surface area contributed by atoms with Crippen molar-refractivity contribution in [1.82, 2.24) is 4.31 Å². The normalized spacial score (nSPS) is 14.1. The second-order valence-electron chi connectivity index (χ2n) is 8.50. The lowest BCUT2D eigenvalue weighted by Gasteiger charge is -2.28. The fraction of sp³-hybridized carbons (Fsp3) is 0.185. The Morgan fingerprint density at radius 2 is 1.73 bits per heavy atom. The smallest absolute Gasteiger partial charge is 0.211 e. The van der Waals surface area contributed by atoms with E-state index >= 15 is 0 Å². The zero-order valence-electron chi connectivity index (χ0n) is 18.7.